The molecule has 0 aromatic heterocycles. The minimum absolute atomic E-state index is 0.0709. The third-order valence-electron chi connectivity index (χ3n) is 11.7. The summed E-state index contributed by atoms with van der Waals surface area (Å²) in [6.07, 6.45) is 0. The van der Waals surface area contributed by atoms with Gasteiger partial charge in [-0.1, -0.05) is 46.3 Å². The average Bonchev–Trinajstić information content (AvgIpc) is 3.08. The number of carbonyl (C=O) groups is 3. The fraction of sp³-hybridized carbons (Fsp3) is 0.0976. The molecule has 248 valence electrons. The Balaban J connectivity index is 1.37. The van der Waals surface area contributed by atoms with Gasteiger partial charge < -0.3 is 0 Å². The number of urea groups is 1. The molecule has 0 aliphatic carbocycles. The molecule has 0 N–H and O–H groups in total. The van der Waals surface area contributed by atoms with Gasteiger partial charge in [-0.3, -0.25) is 19.4 Å². The van der Waals surface area contributed by atoms with Crippen LogP contribution in [0.3, 0.4) is 0 Å². The molecular formula is C41H22B2F4N2O3. The second kappa shape index (κ2) is 9.28. The number of anilines is 4. The Morgan fingerprint density at radius 1 is 0.500 bits per heavy atom. The number of nitrogens with zero attached hydrogens (tertiary/aromatic N) is 2. The third-order valence-corrected chi connectivity index (χ3v) is 11.7. The molecule has 0 saturated heterocycles. The first kappa shape index (κ1) is 29.7. The van der Waals surface area contributed by atoms with Gasteiger partial charge in [0.2, 0.25) is 13.4 Å². The minimum atomic E-state index is -1.17. The summed E-state index contributed by atoms with van der Waals surface area (Å²) in [6, 6.07) is 14.4. The van der Waals surface area contributed by atoms with Crippen LogP contribution in [-0.4, -0.2) is 31.0 Å². The maximum absolute atomic E-state index is 15.3. The second-order valence-electron chi connectivity index (χ2n) is 14.7. The van der Waals surface area contributed by atoms with Gasteiger partial charge in [-0.25, -0.2) is 22.4 Å². The van der Waals surface area contributed by atoms with Gasteiger partial charge in [0.15, 0.2) is 34.8 Å². The number of fused-ring (bicyclic) bond motifs is 10. The molecule has 0 radical (unpaired) electrons. The van der Waals surface area contributed by atoms with E-state index in [1.54, 1.807) is 12.1 Å². The Morgan fingerprint density at radius 3 is 1.33 bits per heavy atom. The normalized spacial score (nSPS) is 15.3. The van der Waals surface area contributed by atoms with Crippen LogP contribution in [0.1, 0.15) is 54.1 Å². The van der Waals surface area contributed by atoms with Crippen molar-refractivity contribution in [1.29, 1.82) is 0 Å². The van der Waals surface area contributed by atoms with E-state index < -0.39 is 42.7 Å². The number of hydrogen-bond acceptors (Lipinski definition) is 3. The standard InChI is InChI=1S/C41H22B2F4N2O3/c1-15-5-17(3)32-24(7-15)42-22-11-26(44)28(46)13-30(22)48-37-34-19(9-20(35(37)42)39(32)50)10-21-36-38(34)49(41(48)52)31-14-29(47)27(45)12-23(31)43(36)25-8-16(2)6-18(4)33(25)40(21)51/h5-14H,1-4H3. The Morgan fingerprint density at radius 2 is 0.904 bits per heavy atom. The van der Waals surface area contributed by atoms with E-state index in [9.17, 15) is 9.59 Å². The molecule has 0 saturated carbocycles. The largest absolute Gasteiger partial charge is 0.338 e. The van der Waals surface area contributed by atoms with E-state index in [1.165, 1.54) is 9.80 Å². The van der Waals surface area contributed by atoms with Crippen LogP contribution >= 0.6 is 0 Å². The van der Waals surface area contributed by atoms with Gasteiger partial charge in [0.25, 0.3) is 0 Å². The zero-order chi connectivity index (χ0) is 36.0. The topological polar surface area (TPSA) is 57.7 Å². The Labute approximate surface area is 294 Å². The summed E-state index contributed by atoms with van der Waals surface area (Å²) in [4.78, 5) is 47.0. The number of rotatable bonds is 0. The van der Waals surface area contributed by atoms with Gasteiger partial charge in [-0.2, -0.15) is 0 Å². The number of aryl methyl sites for hydroxylation is 4. The molecule has 0 bridgehead atoms. The molecule has 11 heteroatoms. The maximum atomic E-state index is 15.3. The van der Waals surface area contributed by atoms with Gasteiger partial charge >= 0.3 is 6.03 Å². The van der Waals surface area contributed by atoms with Crippen molar-refractivity contribution in [3.8, 4) is 0 Å². The summed E-state index contributed by atoms with van der Waals surface area (Å²) < 4.78 is 61.3. The SMILES string of the molecule is Cc1cc(C)c2c(c1)B1c3cc(F)c(F)cc3N3C(=O)N4c5cc(F)c(F)cc5B5c6cc(C)cc(C)c6C(=O)c6cc7cc(c1c3c7c4c65)C2=O. The predicted molar refractivity (Wildman–Crippen MR) is 194 cm³/mol. The first-order valence-corrected chi connectivity index (χ1v) is 17.0. The molecule has 0 atom stereocenters. The van der Waals surface area contributed by atoms with Crippen molar-refractivity contribution >= 4 is 97.3 Å². The molecule has 5 nitrogen and oxygen atoms in total. The number of amides is 2. The van der Waals surface area contributed by atoms with E-state index in [0.717, 1.165) is 46.5 Å². The Bertz CT molecular complexity index is 2700. The van der Waals surface area contributed by atoms with Crippen LogP contribution in [0.5, 0.6) is 0 Å². The number of hydrogen-bond donors (Lipinski definition) is 0. The number of benzene rings is 6. The van der Waals surface area contributed by atoms with Crippen LogP contribution in [0, 0.1) is 51.0 Å². The van der Waals surface area contributed by atoms with E-state index in [2.05, 4.69) is 0 Å². The monoisotopic (exact) mass is 688 g/mol. The summed E-state index contributed by atoms with van der Waals surface area (Å²) in [5, 5.41) is 0.974. The maximum Gasteiger partial charge on any atom is 0.338 e. The van der Waals surface area contributed by atoms with Crippen LogP contribution in [0.2, 0.25) is 0 Å². The van der Waals surface area contributed by atoms with Crippen LogP contribution in [0.15, 0.2) is 60.7 Å². The number of halogens is 4. The highest BCUT2D eigenvalue weighted by Crippen LogP contribution is 2.50. The molecular weight excluding hydrogens is 666 g/mol. The summed E-state index contributed by atoms with van der Waals surface area (Å²) >= 11 is 0. The molecule has 6 aromatic rings. The van der Waals surface area contributed by atoms with E-state index in [-0.39, 0.29) is 45.0 Å². The molecule has 0 spiro atoms. The quantitative estimate of drug-likeness (QED) is 0.170. The van der Waals surface area contributed by atoms with Crippen molar-refractivity contribution in [2.45, 2.75) is 27.7 Å². The van der Waals surface area contributed by atoms with Crippen molar-refractivity contribution in [3.63, 3.8) is 0 Å². The summed E-state index contributed by atoms with van der Waals surface area (Å²) in [5.74, 6) is -5.14. The van der Waals surface area contributed by atoms with E-state index in [0.29, 0.717) is 55.1 Å². The Kier molecular flexibility index (Phi) is 5.31. The van der Waals surface area contributed by atoms with Gasteiger partial charge in [0.05, 0.1) is 11.4 Å². The lowest BCUT2D eigenvalue weighted by molar-refractivity contribution is 0.103. The van der Waals surface area contributed by atoms with Crippen LogP contribution in [-0.2, 0) is 0 Å². The number of carbonyl (C=O) groups excluding carboxylic acids is 3. The molecule has 2 amide bonds. The fourth-order valence-electron chi connectivity index (χ4n) is 9.98. The molecule has 5 aliphatic rings. The fourth-order valence-corrected chi connectivity index (χ4v) is 9.98. The highest BCUT2D eigenvalue weighted by Gasteiger charge is 2.54. The predicted octanol–water partition coefficient (Wildman–Crippen LogP) is 4.79. The van der Waals surface area contributed by atoms with Crippen LogP contribution in [0.25, 0.3) is 10.8 Å². The smallest absolute Gasteiger partial charge is 0.289 e. The van der Waals surface area contributed by atoms with Gasteiger partial charge in [-0.15, -0.1) is 0 Å². The van der Waals surface area contributed by atoms with Gasteiger partial charge in [-0.05, 0) is 90.3 Å². The van der Waals surface area contributed by atoms with E-state index in [4.69, 9.17) is 0 Å². The van der Waals surface area contributed by atoms with Crippen LogP contribution in [0.4, 0.5) is 45.1 Å². The second-order valence-corrected chi connectivity index (χ2v) is 14.7. The average molecular weight is 688 g/mol. The zero-order valence-electron chi connectivity index (χ0n) is 28.1. The van der Waals surface area contributed by atoms with Crippen LogP contribution < -0.4 is 42.6 Å². The Hall–Kier alpha value is -5.96. The molecule has 5 aliphatic heterocycles. The van der Waals surface area contributed by atoms with Gasteiger partial charge in [0.1, 0.15) is 0 Å². The zero-order valence-corrected chi connectivity index (χ0v) is 28.1. The lowest BCUT2D eigenvalue weighted by Gasteiger charge is -2.48. The lowest BCUT2D eigenvalue weighted by Crippen LogP contribution is -2.68. The van der Waals surface area contributed by atoms with Crippen molar-refractivity contribution in [3.05, 3.63) is 128 Å². The summed E-state index contributed by atoms with van der Waals surface area (Å²) in [7, 11) is 0. The van der Waals surface area contributed by atoms with Crippen molar-refractivity contribution in [2.75, 3.05) is 9.80 Å². The summed E-state index contributed by atoms with van der Waals surface area (Å²) in [5.41, 5.74) is 8.22. The van der Waals surface area contributed by atoms with E-state index in [1.807, 2.05) is 52.0 Å². The molecule has 0 fully saturated rings. The third kappa shape index (κ3) is 3.27. The summed E-state index contributed by atoms with van der Waals surface area (Å²) in [6.45, 7) is 5.99. The lowest BCUT2D eigenvalue weighted by atomic mass is 9.30. The highest BCUT2D eigenvalue weighted by atomic mass is 19.2. The van der Waals surface area contributed by atoms with Crippen molar-refractivity contribution < 1.29 is 31.9 Å². The van der Waals surface area contributed by atoms with Crippen molar-refractivity contribution in [1.82, 2.24) is 0 Å². The molecule has 11 rings (SSSR count). The van der Waals surface area contributed by atoms with Crippen molar-refractivity contribution in [2.24, 2.45) is 0 Å². The molecule has 5 heterocycles. The first-order valence-electron chi connectivity index (χ1n) is 17.0. The highest BCUT2D eigenvalue weighted by molar-refractivity contribution is 7.02. The minimum Gasteiger partial charge on any atom is -0.289 e. The molecule has 0 unspecified atom stereocenters. The van der Waals surface area contributed by atoms with E-state index >= 15 is 22.4 Å². The van der Waals surface area contributed by atoms with Gasteiger partial charge in [0, 0.05) is 51.1 Å². The molecule has 6 aromatic carbocycles. The first-order chi connectivity index (χ1) is 24.8. The number of ketones is 2. The molecule has 52 heavy (non-hydrogen) atoms.